The Morgan fingerprint density at radius 2 is 1.23 bits per heavy atom. The molecule has 0 saturated heterocycles. The van der Waals surface area contributed by atoms with Crippen LogP contribution in [-0.2, 0) is 14.4 Å². The van der Waals surface area contributed by atoms with Crippen LogP contribution in [0.15, 0.2) is 30.3 Å². The number of carbonyl (C=O) groups excluding carboxylic acids is 3. The molecule has 0 aliphatic heterocycles. The minimum atomic E-state index is -0.437. The van der Waals surface area contributed by atoms with Gasteiger partial charge < -0.3 is 4.84 Å². The molecule has 0 saturated carbocycles. The highest BCUT2D eigenvalue weighted by Crippen LogP contribution is 2.12. The summed E-state index contributed by atoms with van der Waals surface area (Å²) in [7, 11) is 0. The zero-order valence-electron chi connectivity index (χ0n) is 19.6. The number of carbonyl (C=O) groups is 3. The third-order valence-corrected chi connectivity index (χ3v) is 5.35. The molecule has 0 radical (unpaired) electrons. The second kappa shape index (κ2) is 17.5. The maximum Gasteiger partial charge on any atom is 0.332 e. The van der Waals surface area contributed by atoms with Gasteiger partial charge in [-0.1, -0.05) is 108 Å². The zero-order chi connectivity index (χ0) is 22.7. The zero-order valence-corrected chi connectivity index (χ0v) is 19.6. The Morgan fingerprint density at radius 1 is 0.710 bits per heavy atom. The van der Waals surface area contributed by atoms with Crippen molar-refractivity contribution in [3.8, 4) is 0 Å². The SMILES string of the molecule is CCCCCCCCC(=O)ON(CC(=O)c1ccccc1)C(=O)CCCCCCCC. The van der Waals surface area contributed by atoms with Crippen LogP contribution in [0.25, 0.3) is 0 Å². The van der Waals surface area contributed by atoms with Crippen molar-refractivity contribution in [2.24, 2.45) is 0 Å². The van der Waals surface area contributed by atoms with Crippen molar-refractivity contribution in [3.63, 3.8) is 0 Å². The van der Waals surface area contributed by atoms with Crippen LogP contribution in [0.5, 0.6) is 0 Å². The van der Waals surface area contributed by atoms with E-state index in [1.807, 2.05) is 6.07 Å². The lowest BCUT2D eigenvalue weighted by atomic mass is 10.1. The number of hydrogen-bond donors (Lipinski definition) is 0. The Bertz CT molecular complexity index is 630. The Hall–Kier alpha value is -2.17. The van der Waals surface area contributed by atoms with Crippen molar-refractivity contribution in [2.75, 3.05) is 6.54 Å². The molecule has 0 aliphatic rings. The molecule has 1 amide bonds. The molecule has 0 heterocycles. The molecule has 1 aromatic rings. The van der Waals surface area contributed by atoms with Gasteiger partial charge in [-0.05, 0) is 12.8 Å². The molecule has 1 rings (SSSR count). The lowest BCUT2D eigenvalue weighted by Gasteiger charge is -2.21. The van der Waals surface area contributed by atoms with E-state index in [0.717, 1.165) is 43.6 Å². The van der Waals surface area contributed by atoms with Crippen molar-refractivity contribution in [1.82, 2.24) is 5.06 Å². The quantitative estimate of drug-likeness (QED) is 0.157. The first-order valence-corrected chi connectivity index (χ1v) is 12.2. The van der Waals surface area contributed by atoms with Gasteiger partial charge in [0.2, 0.25) is 0 Å². The smallest absolute Gasteiger partial charge is 0.332 e. The molecule has 174 valence electrons. The predicted molar refractivity (Wildman–Crippen MR) is 125 cm³/mol. The molecule has 0 N–H and O–H groups in total. The van der Waals surface area contributed by atoms with Crippen LogP contribution in [-0.4, -0.2) is 29.3 Å². The van der Waals surface area contributed by atoms with Crippen LogP contribution in [0.4, 0.5) is 0 Å². The van der Waals surface area contributed by atoms with Gasteiger partial charge in [0, 0.05) is 18.4 Å². The molecule has 5 nitrogen and oxygen atoms in total. The van der Waals surface area contributed by atoms with E-state index in [1.54, 1.807) is 24.3 Å². The largest absolute Gasteiger partial charge is 0.338 e. The van der Waals surface area contributed by atoms with Gasteiger partial charge in [-0.15, -0.1) is 0 Å². The van der Waals surface area contributed by atoms with Gasteiger partial charge in [-0.2, -0.15) is 5.06 Å². The second-order valence-electron chi connectivity index (χ2n) is 8.22. The minimum Gasteiger partial charge on any atom is -0.338 e. The van der Waals surface area contributed by atoms with E-state index in [-0.39, 0.29) is 24.7 Å². The van der Waals surface area contributed by atoms with Crippen LogP contribution in [0.2, 0.25) is 0 Å². The monoisotopic (exact) mass is 431 g/mol. The number of ketones is 1. The summed E-state index contributed by atoms with van der Waals surface area (Å²) in [6, 6.07) is 8.80. The third kappa shape index (κ3) is 13.0. The fourth-order valence-electron chi connectivity index (χ4n) is 3.42. The molecular weight excluding hydrogens is 390 g/mol. The number of hydroxylamine groups is 2. The lowest BCUT2D eigenvalue weighted by Crippen LogP contribution is -2.37. The Morgan fingerprint density at radius 3 is 1.81 bits per heavy atom. The van der Waals surface area contributed by atoms with Gasteiger partial charge >= 0.3 is 5.97 Å². The molecule has 0 aliphatic carbocycles. The molecule has 0 aromatic heterocycles. The summed E-state index contributed by atoms with van der Waals surface area (Å²) >= 11 is 0. The molecule has 1 aromatic carbocycles. The highest BCUT2D eigenvalue weighted by atomic mass is 16.7. The van der Waals surface area contributed by atoms with Gasteiger partial charge in [0.1, 0.15) is 6.54 Å². The minimum absolute atomic E-state index is 0.232. The fourth-order valence-corrected chi connectivity index (χ4v) is 3.42. The van der Waals surface area contributed by atoms with Crippen LogP contribution in [0, 0.1) is 0 Å². The lowest BCUT2D eigenvalue weighted by molar-refractivity contribution is -0.196. The fraction of sp³-hybridized carbons (Fsp3) is 0.654. The summed E-state index contributed by atoms with van der Waals surface area (Å²) in [6.07, 6.45) is 13.4. The average molecular weight is 432 g/mol. The first-order chi connectivity index (χ1) is 15.1. The van der Waals surface area contributed by atoms with E-state index in [1.165, 1.54) is 38.5 Å². The van der Waals surface area contributed by atoms with Gasteiger partial charge in [-0.25, -0.2) is 4.79 Å². The maximum atomic E-state index is 12.7. The van der Waals surface area contributed by atoms with Crippen LogP contribution < -0.4 is 0 Å². The molecule has 0 spiro atoms. The van der Waals surface area contributed by atoms with Crippen LogP contribution >= 0.6 is 0 Å². The standard InChI is InChI=1S/C26H41NO4/c1-3-5-7-9-11-16-20-25(29)27(22-24(28)23-18-14-13-15-19-23)31-26(30)21-17-12-10-8-6-4-2/h13-15,18-19H,3-12,16-17,20-22H2,1-2H3. The van der Waals surface area contributed by atoms with E-state index in [9.17, 15) is 14.4 Å². The molecule has 5 heteroatoms. The Balaban J connectivity index is 2.53. The number of rotatable bonds is 17. The van der Waals surface area contributed by atoms with E-state index in [4.69, 9.17) is 4.84 Å². The molecular formula is C26H41NO4. The van der Waals surface area contributed by atoms with Crippen molar-refractivity contribution in [3.05, 3.63) is 35.9 Å². The van der Waals surface area contributed by atoms with E-state index < -0.39 is 5.97 Å². The molecule has 0 fully saturated rings. The van der Waals surface area contributed by atoms with Crippen LogP contribution in [0.3, 0.4) is 0 Å². The maximum absolute atomic E-state index is 12.7. The second-order valence-corrected chi connectivity index (χ2v) is 8.22. The van der Waals surface area contributed by atoms with Crippen molar-refractivity contribution in [1.29, 1.82) is 0 Å². The van der Waals surface area contributed by atoms with E-state index in [2.05, 4.69) is 13.8 Å². The highest BCUT2D eigenvalue weighted by molar-refractivity contribution is 5.99. The number of benzene rings is 1. The normalized spacial score (nSPS) is 10.6. The summed E-state index contributed by atoms with van der Waals surface area (Å²) in [4.78, 5) is 42.9. The number of amides is 1. The molecule has 0 atom stereocenters. The summed E-state index contributed by atoms with van der Waals surface area (Å²) in [5.41, 5.74) is 0.506. The number of nitrogens with zero attached hydrogens (tertiary/aromatic N) is 1. The molecule has 31 heavy (non-hydrogen) atoms. The summed E-state index contributed by atoms with van der Waals surface area (Å²) in [5, 5.41) is 0.987. The topological polar surface area (TPSA) is 63.7 Å². The summed E-state index contributed by atoms with van der Waals surface area (Å²) in [5.74, 6) is -0.965. The van der Waals surface area contributed by atoms with Gasteiger partial charge in [0.05, 0.1) is 0 Å². The molecule has 0 bridgehead atoms. The number of hydrogen-bond acceptors (Lipinski definition) is 4. The first kappa shape index (κ1) is 26.9. The first-order valence-electron chi connectivity index (χ1n) is 12.2. The summed E-state index contributed by atoms with van der Waals surface area (Å²) in [6.45, 7) is 4.11. The number of Topliss-reactive ketones (excluding diaryl/α,β-unsaturated/α-hetero) is 1. The van der Waals surface area contributed by atoms with Crippen molar-refractivity contribution < 1.29 is 19.2 Å². The van der Waals surface area contributed by atoms with E-state index >= 15 is 0 Å². The van der Waals surface area contributed by atoms with Gasteiger partial charge in [0.15, 0.2) is 5.78 Å². The van der Waals surface area contributed by atoms with Gasteiger partial charge in [0.25, 0.3) is 5.91 Å². The number of unbranched alkanes of at least 4 members (excludes halogenated alkanes) is 10. The van der Waals surface area contributed by atoms with Crippen molar-refractivity contribution in [2.45, 2.75) is 104 Å². The van der Waals surface area contributed by atoms with Crippen LogP contribution in [0.1, 0.15) is 114 Å². The highest BCUT2D eigenvalue weighted by Gasteiger charge is 2.22. The predicted octanol–water partition coefficient (Wildman–Crippen LogP) is 6.66. The Labute approximate surface area is 188 Å². The average Bonchev–Trinajstić information content (AvgIpc) is 2.78. The van der Waals surface area contributed by atoms with Gasteiger partial charge in [-0.3, -0.25) is 9.59 Å². The summed E-state index contributed by atoms with van der Waals surface area (Å²) < 4.78 is 0. The third-order valence-electron chi connectivity index (χ3n) is 5.35. The Kier molecular flexibility index (Phi) is 15.2. The van der Waals surface area contributed by atoms with Crippen molar-refractivity contribution >= 4 is 17.7 Å². The molecule has 0 unspecified atom stereocenters. The van der Waals surface area contributed by atoms with E-state index in [0.29, 0.717) is 12.0 Å².